The minimum Gasteiger partial charge on any atom is -0.207 e. The number of aryl methyl sites for hydroxylation is 1. The molecule has 0 radical (unpaired) electrons. The van der Waals surface area contributed by atoms with E-state index in [-0.39, 0.29) is 5.82 Å². The highest BCUT2D eigenvalue weighted by molar-refractivity contribution is 7.19. The number of hydrogen-bond acceptors (Lipinski definition) is 4. The summed E-state index contributed by atoms with van der Waals surface area (Å²) in [6.07, 6.45) is 0.366. The van der Waals surface area contributed by atoms with E-state index in [9.17, 15) is 4.39 Å². The topological polar surface area (TPSA) is 43.1 Å². The molecule has 6 heteroatoms. The number of fused-ring (bicyclic) bond motifs is 1. The van der Waals surface area contributed by atoms with Crippen LogP contribution in [0.4, 0.5) is 4.39 Å². The summed E-state index contributed by atoms with van der Waals surface area (Å²) < 4.78 is 15.5. The molecule has 0 fully saturated rings. The highest BCUT2D eigenvalue weighted by Gasteiger charge is 2.15. The Morgan fingerprint density at radius 2 is 1.83 bits per heavy atom. The van der Waals surface area contributed by atoms with Crippen LogP contribution in [0.25, 0.3) is 15.5 Å². The molecule has 0 bridgehead atoms. The fraction of sp³-hybridized carbons (Fsp3) is 0.118. The van der Waals surface area contributed by atoms with Gasteiger partial charge in [0.05, 0.1) is 0 Å². The molecular formula is C17H13FN4S. The molecule has 0 aliphatic heterocycles. The Morgan fingerprint density at radius 1 is 1.04 bits per heavy atom. The van der Waals surface area contributed by atoms with E-state index in [1.165, 1.54) is 17.4 Å². The largest absolute Gasteiger partial charge is 0.234 e. The summed E-state index contributed by atoms with van der Waals surface area (Å²) in [6, 6.07) is 14.8. The van der Waals surface area contributed by atoms with Crippen LogP contribution in [0.2, 0.25) is 0 Å². The van der Waals surface area contributed by atoms with Crippen LogP contribution in [-0.4, -0.2) is 19.8 Å². The molecule has 4 nitrogen and oxygen atoms in total. The Labute approximate surface area is 136 Å². The van der Waals surface area contributed by atoms with Crippen LogP contribution >= 0.6 is 11.3 Å². The Hall–Kier alpha value is -2.60. The van der Waals surface area contributed by atoms with Crippen molar-refractivity contribution in [2.24, 2.45) is 0 Å². The first-order chi connectivity index (χ1) is 11.2. The van der Waals surface area contributed by atoms with Gasteiger partial charge in [-0.3, -0.25) is 0 Å². The standard InChI is InChI=1S/C17H13FN4S/c1-11-6-2-4-8-13(11)16-21-22-15(19-20-17(22)23-16)10-12-7-3-5-9-14(12)18/h2-9H,10H2,1H3. The molecule has 0 unspecified atom stereocenters. The van der Waals surface area contributed by atoms with Crippen LogP contribution in [0.5, 0.6) is 0 Å². The Bertz CT molecular complexity index is 989. The summed E-state index contributed by atoms with van der Waals surface area (Å²) in [6.45, 7) is 2.05. The van der Waals surface area contributed by atoms with Gasteiger partial charge in [0.15, 0.2) is 5.82 Å². The van der Waals surface area contributed by atoms with E-state index in [2.05, 4.69) is 28.3 Å². The SMILES string of the molecule is Cc1ccccc1-c1nn2c(Cc3ccccc3F)nnc2s1. The predicted molar refractivity (Wildman–Crippen MR) is 88.0 cm³/mol. The number of nitrogens with zero attached hydrogens (tertiary/aromatic N) is 4. The van der Waals surface area contributed by atoms with Crippen molar-refractivity contribution in [3.63, 3.8) is 0 Å². The summed E-state index contributed by atoms with van der Waals surface area (Å²) in [7, 11) is 0. The first kappa shape index (κ1) is 14.0. The van der Waals surface area contributed by atoms with Gasteiger partial charge in [0.2, 0.25) is 4.96 Å². The molecule has 0 aliphatic carbocycles. The van der Waals surface area contributed by atoms with Crippen molar-refractivity contribution in [3.05, 3.63) is 71.3 Å². The van der Waals surface area contributed by atoms with Crippen LogP contribution < -0.4 is 0 Å². The first-order valence-electron chi connectivity index (χ1n) is 7.23. The molecule has 0 saturated heterocycles. The van der Waals surface area contributed by atoms with Crippen molar-refractivity contribution < 1.29 is 4.39 Å². The van der Waals surface area contributed by atoms with Gasteiger partial charge < -0.3 is 0 Å². The van der Waals surface area contributed by atoms with Crippen LogP contribution in [0, 0.1) is 12.7 Å². The lowest BCUT2D eigenvalue weighted by Crippen LogP contribution is -1.99. The van der Waals surface area contributed by atoms with E-state index in [4.69, 9.17) is 0 Å². The van der Waals surface area contributed by atoms with Crippen molar-refractivity contribution >= 4 is 16.3 Å². The van der Waals surface area contributed by atoms with Gasteiger partial charge in [0.1, 0.15) is 10.8 Å². The maximum Gasteiger partial charge on any atom is 0.234 e. The lowest BCUT2D eigenvalue weighted by atomic mass is 10.1. The number of rotatable bonds is 3. The zero-order valence-corrected chi connectivity index (χ0v) is 13.2. The van der Waals surface area contributed by atoms with E-state index < -0.39 is 0 Å². The minimum atomic E-state index is -0.237. The second-order valence-electron chi connectivity index (χ2n) is 5.30. The summed E-state index contributed by atoms with van der Waals surface area (Å²) in [4.78, 5) is 0.717. The summed E-state index contributed by atoms with van der Waals surface area (Å²) >= 11 is 1.48. The minimum absolute atomic E-state index is 0.237. The second-order valence-corrected chi connectivity index (χ2v) is 6.26. The number of halogens is 1. The van der Waals surface area contributed by atoms with Gasteiger partial charge in [-0.1, -0.05) is 53.8 Å². The molecule has 4 rings (SSSR count). The lowest BCUT2D eigenvalue weighted by molar-refractivity contribution is 0.611. The van der Waals surface area contributed by atoms with Gasteiger partial charge in [0.25, 0.3) is 0 Å². The van der Waals surface area contributed by atoms with Gasteiger partial charge in [-0.25, -0.2) is 4.39 Å². The Balaban J connectivity index is 1.76. The van der Waals surface area contributed by atoms with E-state index in [0.29, 0.717) is 17.8 Å². The van der Waals surface area contributed by atoms with E-state index >= 15 is 0 Å². The molecule has 2 heterocycles. The van der Waals surface area contributed by atoms with Crippen molar-refractivity contribution in [1.29, 1.82) is 0 Å². The van der Waals surface area contributed by atoms with Gasteiger partial charge in [-0.05, 0) is 24.1 Å². The molecule has 2 aromatic heterocycles. The normalized spacial score (nSPS) is 11.2. The fourth-order valence-electron chi connectivity index (χ4n) is 2.50. The quantitative estimate of drug-likeness (QED) is 0.574. The summed E-state index contributed by atoms with van der Waals surface area (Å²) in [5.41, 5.74) is 2.83. The molecule has 114 valence electrons. The maximum absolute atomic E-state index is 13.8. The predicted octanol–water partition coefficient (Wildman–Crippen LogP) is 3.89. The van der Waals surface area contributed by atoms with E-state index in [1.54, 1.807) is 16.6 Å². The lowest BCUT2D eigenvalue weighted by Gasteiger charge is -2.01. The zero-order valence-electron chi connectivity index (χ0n) is 12.4. The molecule has 0 amide bonds. The molecule has 0 atom stereocenters. The van der Waals surface area contributed by atoms with Crippen molar-refractivity contribution in [1.82, 2.24) is 19.8 Å². The van der Waals surface area contributed by atoms with Crippen LogP contribution in [-0.2, 0) is 6.42 Å². The average Bonchev–Trinajstić information content (AvgIpc) is 3.12. The smallest absolute Gasteiger partial charge is 0.207 e. The van der Waals surface area contributed by atoms with Crippen molar-refractivity contribution in [3.8, 4) is 10.6 Å². The van der Waals surface area contributed by atoms with Gasteiger partial charge in [-0.15, -0.1) is 10.2 Å². The highest BCUT2D eigenvalue weighted by Crippen LogP contribution is 2.28. The molecule has 4 aromatic rings. The fourth-order valence-corrected chi connectivity index (χ4v) is 3.45. The molecule has 2 aromatic carbocycles. The van der Waals surface area contributed by atoms with Gasteiger partial charge >= 0.3 is 0 Å². The number of hydrogen-bond donors (Lipinski definition) is 0. The van der Waals surface area contributed by atoms with Crippen molar-refractivity contribution in [2.75, 3.05) is 0 Å². The third kappa shape index (κ3) is 2.51. The third-order valence-corrected chi connectivity index (χ3v) is 4.67. The highest BCUT2D eigenvalue weighted by atomic mass is 32.1. The third-order valence-electron chi connectivity index (χ3n) is 3.74. The molecule has 0 saturated carbocycles. The van der Waals surface area contributed by atoms with Crippen LogP contribution in [0.1, 0.15) is 17.0 Å². The molecule has 0 N–H and O–H groups in total. The Morgan fingerprint density at radius 3 is 2.65 bits per heavy atom. The van der Waals surface area contributed by atoms with Crippen molar-refractivity contribution in [2.45, 2.75) is 13.3 Å². The van der Waals surface area contributed by atoms with Gasteiger partial charge in [0, 0.05) is 12.0 Å². The van der Waals surface area contributed by atoms with E-state index in [0.717, 1.165) is 21.1 Å². The molecule has 0 spiro atoms. The summed E-state index contributed by atoms with van der Waals surface area (Å²) in [5.74, 6) is 0.403. The maximum atomic E-state index is 13.8. The second kappa shape index (κ2) is 5.55. The first-order valence-corrected chi connectivity index (χ1v) is 8.04. The molecule has 0 aliphatic rings. The average molecular weight is 324 g/mol. The van der Waals surface area contributed by atoms with Gasteiger partial charge in [-0.2, -0.15) is 9.61 Å². The monoisotopic (exact) mass is 324 g/mol. The number of benzene rings is 2. The molecular weight excluding hydrogens is 311 g/mol. The molecule has 23 heavy (non-hydrogen) atoms. The Kier molecular flexibility index (Phi) is 3.38. The van der Waals surface area contributed by atoms with Crippen LogP contribution in [0.3, 0.4) is 0 Å². The van der Waals surface area contributed by atoms with Crippen LogP contribution in [0.15, 0.2) is 48.5 Å². The summed E-state index contributed by atoms with van der Waals surface area (Å²) in [5, 5.41) is 13.8. The number of aromatic nitrogens is 4. The zero-order chi connectivity index (χ0) is 15.8. The van der Waals surface area contributed by atoms with E-state index in [1.807, 2.05) is 24.3 Å².